The van der Waals surface area contributed by atoms with Gasteiger partial charge in [0.15, 0.2) is 15.8 Å². The smallest absolute Gasteiger partial charge is 0.191 e. The van der Waals surface area contributed by atoms with Crippen LogP contribution in [-0.4, -0.2) is 75.5 Å². The summed E-state index contributed by atoms with van der Waals surface area (Å²) in [4.78, 5) is 10.6. The van der Waals surface area contributed by atoms with E-state index in [1.54, 1.807) is 13.2 Å². The number of rotatable bonds is 6. The van der Waals surface area contributed by atoms with Crippen molar-refractivity contribution in [2.45, 2.75) is 6.42 Å². The van der Waals surface area contributed by atoms with E-state index in [0.717, 1.165) is 37.7 Å². The molecule has 0 unspecified atom stereocenters. The van der Waals surface area contributed by atoms with E-state index in [9.17, 15) is 8.42 Å². The standard InChI is InChI=1S/C15H25N5O2S/c1-16-15(18-7-5-14-4-2-3-6-17-14)19-8-9-20-10-12-23(21,22)13-11-20/h2-4,6H,5,7-13H2,1H3,(H2,16,18,19). The van der Waals surface area contributed by atoms with Crippen molar-refractivity contribution in [3.8, 4) is 0 Å². The average molecular weight is 339 g/mol. The molecule has 2 N–H and O–H groups in total. The molecule has 0 aromatic carbocycles. The van der Waals surface area contributed by atoms with Crippen LogP contribution in [0.5, 0.6) is 0 Å². The van der Waals surface area contributed by atoms with Gasteiger partial charge in [-0.3, -0.25) is 14.9 Å². The molecule has 1 fully saturated rings. The first-order valence-corrected chi connectivity index (χ1v) is 9.68. The second kappa shape index (κ2) is 8.83. The Bertz CT molecular complexity index is 590. The molecule has 1 aromatic rings. The van der Waals surface area contributed by atoms with E-state index >= 15 is 0 Å². The Balaban J connectivity index is 1.62. The second-order valence-electron chi connectivity index (χ2n) is 5.49. The van der Waals surface area contributed by atoms with Crippen molar-refractivity contribution < 1.29 is 8.42 Å². The second-order valence-corrected chi connectivity index (χ2v) is 7.79. The number of nitrogens with one attached hydrogen (secondary N) is 2. The molecule has 2 rings (SSSR count). The van der Waals surface area contributed by atoms with Crippen LogP contribution in [0.4, 0.5) is 0 Å². The molecule has 0 atom stereocenters. The fourth-order valence-corrected chi connectivity index (χ4v) is 3.66. The van der Waals surface area contributed by atoms with Gasteiger partial charge < -0.3 is 10.6 Å². The van der Waals surface area contributed by atoms with E-state index in [1.807, 2.05) is 18.2 Å². The zero-order valence-electron chi connectivity index (χ0n) is 13.5. The summed E-state index contributed by atoms with van der Waals surface area (Å²) in [7, 11) is -1.06. The minimum Gasteiger partial charge on any atom is -0.356 e. The Morgan fingerprint density at radius 1 is 1.26 bits per heavy atom. The van der Waals surface area contributed by atoms with Gasteiger partial charge in [0.25, 0.3) is 0 Å². The van der Waals surface area contributed by atoms with Gasteiger partial charge in [-0.25, -0.2) is 8.42 Å². The number of hydrogen-bond donors (Lipinski definition) is 2. The number of guanidine groups is 1. The Morgan fingerprint density at radius 3 is 2.65 bits per heavy atom. The van der Waals surface area contributed by atoms with Crippen LogP contribution in [0, 0.1) is 0 Å². The third-order valence-electron chi connectivity index (χ3n) is 3.78. The lowest BCUT2D eigenvalue weighted by Gasteiger charge is -2.26. The Morgan fingerprint density at radius 2 is 2.00 bits per heavy atom. The van der Waals surface area contributed by atoms with Gasteiger partial charge in [-0.05, 0) is 12.1 Å². The van der Waals surface area contributed by atoms with Crippen molar-refractivity contribution in [3.63, 3.8) is 0 Å². The molecule has 1 saturated heterocycles. The predicted octanol–water partition coefficient (Wildman–Crippen LogP) is -0.480. The van der Waals surface area contributed by atoms with Crippen LogP contribution in [0.15, 0.2) is 29.4 Å². The number of aromatic nitrogens is 1. The molecule has 128 valence electrons. The highest BCUT2D eigenvalue weighted by molar-refractivity contribution is 7.91. The number of nitrogens with zero attached hydrogens (tertiary/aromatic N) is 3. The minimum absolute atomic E-state index is 0.268. The normalized spacial score (nSPS) is 18.6. The Kier molecular flexibility index (Phi) is 6.79. The Hall–Kier alpha value is -1.67. The highest BCUT2D eigenvalue weighted by Gasteiger charge is 2.20. The lowest BCUT2D eigenvalue weighted by molar-refractivity contribution is 0.299. The van der Waals surface area contributed by atoms with Crippen LogP contribution < -0.4 is 10.6 Å². The molecule has 1 aromatic heterocycles. The largest absolute Gasteiger partial charge is 0.356 e. The number of sulfone groups is 1. The van der Waals surface area contributed by atoms with Gasteiger partial charge in [-0.1, -0.05) is 6.07 Å². The van der Waals surface area contributed by atoms with Crippen LogP contribution >= 0.6 is 0 Å². The first-order valence-electron chi connectivity index (χ1n) is 7.86. The zero-order chi connectivity index (χ0) is 16.5. The maximum absolute atomic E-state index is 11.4. The first kappa shape index (κ1) is 17.7. The molecule has 23 heavy (non-hydrogen) atoms. The van der Waals surface area contributed by atoms with Gasteiger partial charge in [-0.2, -0.15) is 0 Å². The summed E-state index contributed by atoms with van der Waals surface area (Å²) in [5.74, 6) is 1.29. The van der Waals surface area contributed by atoms with E-state index in [4.69, 9.17) is 0 Å². The summed E-state index contributed by atoms with van der Waals surface area (Å²) < 4.78 is 22.8. The van der Waals surface area contributed by atoms with Crippen molar-refractivity contribution in [1.29, 1.82) is 0 Å². The maximum atomic E-state index is 11.4. The molecule has 1 aliphatic rings. The van der Waals surface area contributed by atoms with Gasteiger partial charge in [0, 0.05) is 58.1 Å². The van der Waals surface area contributed by atoms with Gasteiger partial charge in [0.05, 0.1) is 11.5 Å². The quantitative estimate of drug-likeness (QED) is 0.538. The zero-order valence-corrected chi connectivity index (χ0v) is 14.3. The van der Waals surface area contributed by atoms with Crippen molar-refractivity contribution in [2.24, 2.45) is 4.99 Å². The van der Waals surface area contributed by atoms with Gasteiger partial charge in [-0.15, -0.1) is 0 Å². The molecule has 0 spiro atoms. The van der Waals surface area contributed by atoms with Gasteiger partial charge in [0.2, 0.25) is 0 Å². The van der Waals surface area contributed by atoms with Crippen molar-refractivity contribution in [1.82, 2.24) is 20.5 Å². The summed E-state index contributed by atoms with van der Waals surface area (Å²) in [5.41, 5.74) is 1.05. The molecule has 0 radical (unpaired) electrons. The Labute approximate surface area is 138 Å². The van der Waals surface area contributed by atoms with Gasteiger partial charge >= 0.3 is 0 Å². The minimum atomic E-state index is -2.80. The van der Waals surface area contributed by atoms with Crippen molar-refractivity contribution >= 4 is 15.8 Å². The monoisotopic (exact) mass is 339 g/mol. The van der Waals surface area contributed by atoms with Crippen molar-refractivity contribution in [2.75, 3.05) is 51.3 Å². The third-order valence-corrected chi connectivity index (χ3v) is 5.39. The molecule has 1 aliphatic heterocycles. The maximum Gasteiger partial charge on any atom is 0.191 e. The van der Waals surface area contributed by atoms with E-state index in [2.05, 4.69) is 25.5 Å². The summed E-state index contributed by atoms with van der Waals surface area (Å²) in [6, 6.07) is 5.89. The fraction of sp³-hybridized carbons (Fsp3) is 0.600. The topological polar surface area (TPSA) is 86.7 Å². The predicted molar refractivity (Wildman–Crippen MR) is 92.4 cm³/mol. The fourth-order valence-electron chi connectivity index (χ4n) is 2.38. The number of aliphatic imine (C=N–C) groups is 1. The molecule has 8 heteroatoms. The lowest BCUT2D eigenvalue weighted by Crippen LogP contribution is -2.46. The molecular formula is C15H25N5O2S. The molecule has 0 bridgehead atoms. The molecule has 0 amide bonds. The number of pyridine rings is 1. The SMILES string of the molecule is CN=C(NCCc1ccccn1)NCCN1CCS(=O)(=O)CC1. The molecule has 0 aliphatic carbocycles. The summed E-state index contributed by atoms with van der Waals surface area (Å²) in [6.07, 6.45) is 2.63. The third kappa shape index (κ3) is 6.54. The van der Waals surface area contributed by atoms with Gasteiger partial charge in [0.1, 0.15) is 0 Å². The first-order chi connectivity index (χ1) is 11.1. The van der Waals surface area contributed by atoms with E-state index < -0.39 is 9.84 Å². The van der Waals surface area contributed by atoms with Crippen LogP contribution in [0.3, 0.4) is 0 Å². The van der Waals surface area contributed by atoms with E-state index in [0.29, 0.717) is 13.1 Å². The highest BCUT2D eigenvalue weighted by Crippen LogP contribution is 2.02. The van der Waals surface area contributed by atoms with E-state index in [-0.39, 0.29) is 11.5 Å². The van der Waals surface area contributed by atoms with Crippen LogP contribution in [-0.2, 0) is 16.3 Å². The molecule has 2 heterocycles. The van der Waals surface area contributed by atoms with Crippen molar-refractivity contribution in [3.05, 3.63) is 30.1 Å². The van der Waals surface area contributed by atoms with Crippen LogP contribution in [0.2, 0.25) is 0 Å². The summed E-state index contributed by atoms with van der Waals surface area (Å²) in [6.45, 7) is 3.56. The summed E-state index contributed by atoms with van der Waals surface area (Å²) >= 11 is 0. The summed E-state index contributed by atoms with van der Waals surface area (Å²) in [5, 5.41) is 6.50. The van der Waals surface area contributed by atoms with Crippen LogP contribution in [0.25, 0.3) is 0 Å². The highest BCUT2D eigenvalue weighted by atomic mass is 32.2. The van der Waals surface area contributed by atoms with Crippen LogP contribution in [0.1, 0.15) is 5.69 Å². The molecular weight excluding hydrogens is 314 g/mol. The average Bonchev–Trinajstić information content (AvgIpc) is 2.56. The molecule has 0 saturated carbocycles. The van der Waals surface area contributed by atoms with E-state index in [1.165, 1.54) is 0 Å². The molecule has 7 nitrogen and oxygen atoms in total. The number of hydrogen-bond acceptors (Lipinski definition) is 5. The lowest BCUT2D eigenvalue weighted by atomic mass is 10.3.